The van der Waals surface area contributed by atoms with Crippen molar-refractivity contribution >= 4 is 5.97 Å². The van der Waals surface area contributed by atoms with E-state index in [1.54, 1.807) is 0 Å². The van der Waals surface area contributed by atoms with Crippen LogP contribution in [-0.4, -0.2) is 24.2 Å². The number of rotatable bonds is 6. The summed E-state index contributed by atoms with van der Waals surface area (Å²) in [6.07, 6.45) is 3.98. The Hall–Kier alpha value is -1.55. The molecule has 2 rings (SSSR count). The number of benzene rings is 1. The summed E-state index contributed by atoms with van der Waals surface area (Å²) in [6, 6.07) is 6.18. The first-order chi connectivity index (χ1) is 9.19. The van der Waals surface area contributed by atoms with E-state index < -0.39 is 5.97 Å². The van der Waals surface area contributed by atoms with Gasteiger partial charge in [-0.15, -0.1) is 0 Å². The number of hydrogen-bond acceptors (Lipinski definition) is 3. The van der Waals surface area contributed by atoms with Crippen molar-refractivity contribution < 1.29 is 14.6 Å². The van der Waals surface area contributed by atoms with Crippen molar-refractivity contribution in [3.8, 4) is 5.75 Å². The Labute approximate surface area is 113 Å². The van der Waals surface area contributed by atoms with Crippen molar-refractivity contribution in [3.63, 3.8) is 0 Å². The Bertz CT molecular complexity index is 445. The lowest BCUT2D eigenvalue weighted by molar-refractivity contribution is -0.137. The SMILES string of the molecule is NCC1CCc2ccc(OCCCC(=O)O)cc2C1. The van der Waals surface area contributed by atoms with E-state index in [4.69, 9.17) is 15.6 Å². The van der Waals surface area contributed by atoms with Gasteiger partial charge in [-0.05, 0) is 61.4 Å². The Morgan fingerprint density at radius 1 is 1.42 bits per heavy atom. The van der Waals surface area contributed by atoms with E-state index in [1.807, 2.05) is 6.07 Å². The van der Waals surface area contributed by atoms with Gasteiger partial charge in [-0.3, -0.25) is 4.79 Å². The summed E-state index contributed by atoms with van der Waals surface area (Å²) < 4.78 is 5.60. The molecule has 0 radical (unpaired) electrons. The molecule has 0 aliphatic heterocycles. The third kappa shape index (κ3) is 3.96. The lowest BCUT2D eigenvalue weighted by atomic mass is 9.84. The van der Waals surface area contributed by atoms with E-state index in [-0.39, 0.29) is 6.42 Å². The zero-order valence-corrected chi connectivity index (χ0v) is 11.1. The summed E-state index contributed by atoms with van der Waals surface area (Å²) in [4.78, 5) is 10.4. The largest absolute Gasteiger partial charge is 0.494 e. The van der Waals surface area contributed by atoms with Crippen molar-refractivity contribution in [1.29, 1.82) is 0 Å². The van der Waals surface area contributed by atoms with Crippen LogP contribution in [0, 0.1) is 5.92 Å². The zero-order valence-electron chi connectivity index (χ0n) is 11.1. The molecule has 1 unspecified atom stereocenters. The molecule has 0 amide bonds. The second kappa shape index (κ2) is 6.57. The molecule has 0 heterocycles. The lowest BCUT2D eigenvalue weighted by Gasteiger charge is -2.23. The number of aliphatic carboxylic acids is 1. The molecule has 0 saturated heterocycles. The van der Waals surface area contributed by atoms with Crippen LogP contribution in [0.3, 0.4) is 0 Å². The highest BCUT2D eigenvalue weighted by Crippen LogP contribution is 2.28. The normalized spacial score (nSPS) is 17.8. The standard InChI is InChI=1S/C15H21NO3/c16-10-11-3-4-12-5-6-14(9-13(12)8-11)19-7-1-2-15(17)18/h5-6,9,11H,1-4,7-8,10,16H2,(H,17,18). The predicted molar refractivity (Wildman–Crippen MR) is 73.4 cm³/mol. The predicted octanol–water partition coefficient (Wildman–Crippen LogP) is 1.99. The maximum Gasteiger partial charge on any atom is 0.303 e. The summed E-state index contributed by atoms with van der Waals surface area (Å²) in [7, 11) is 0. The Morgan fingerprint density at radius 2 is 2.26 bits per heavy atom. The summed E-state index contributed by atoms with van der Waals surface area (Å²) in [6.45, 7) is 1.19. The van der Waals surface area contributed by atoms with Crippen molar-refractivity contribution in [2.45, 2.75) is 32.1 Å². The first-order valence-electron chi connectivity index (χ1n) is 6.85. The number of ether oxygens (including phenoxy) is 1. The molecule has 19 heavy (non-hydrogen) atoms. The molecular weight excluding hydrogens is 242 g/mol. The molecule has 0 bridgehead atoms. The van der Waals surface area contributed by atoms with Gasteiger partial charge in [-0.2, -0.15) is 0 Å². The molecule has 1 atom stereocenters. The van der Waals surface area contributed by atoms with Gasteiger partial charge in [-0.1, -0.05) is 6.07 Å². The van der Waals surface area contributed by atoms with Crippen LogP contribution < -0.4 is 10.5 Å². The average molecular weight is 263 g/mol. The quantitative estimate of drug-likeness (QED) is 0.770. The van der Waals surface area contributed by atoms with Gasteiger partial charge in [0.2, 0.25) is 0 Å². The van der Waals surface area contributed by atoms with Gasteiger partial charge in [-0.25, -0.2) is 0 Å². The number of carbonyl (C=O) groups is 1. The molecule has 1 aromatic rings. The van der Waals surface area contributed by atoms with E-state index in [2.05, 4.69) is 12.1 Å². The van der Waals surface area contributed by atoms with Crippen molar-refractivity contribution in [2.24, 2.45) is 11.7 Å². The van der Waals surface area contributed by atoms with Crippen LogP contribution in [-0.2, 0) is 17.6 Å². The molecule has 0 aromatic heterocycles. The fourth-order valence-electron chi connectivity index (χ4n) is 2.51. The first-order valence-corrected chi connectivity index (χ1v) is 6.85. The maximum atomic E-state index is 10.4. The minimum Gasteiger partial charge on any atom is -0.494 e. The molecule has 1 aromatic carbocycles. The highest BCUT2D eigenvalue weighted by Gasteiger charge is 2.17. The smallest absolute Gasteiger partial charge is 0.303 e. The van der Waals surface area contributed by atoms with Gasteiger partial charge in [0.25, 0.3) is 0 Å². The van der Waals surface area contributed by atoms with Crippen molar-refractivity contribution in [2.75, 3.05) is 13.2 Å². The highest BCUT2D eigenvalue weighted by molar-refractivity contribution is 5.66. The molecule has 0 saturated carbocycles. The molecule has 1 aliphatic carbocycles. The summed E-state index contributed by atoms with van der Waals surface area (Å²) >= 11 is 0. The second-order valence-electron chi connectivity index (χ2n) is 5.12. The third-order valence-electron chi connectivity index (χ3n) is 3.65. The number of aryl methyl sites for hydroxylation is 1. The van der Waals surface area contributed by atoms with Gasteiger partial charge in [0.15, 0.2) is 0 Å². The van der Waals surface area contributed by atoms with Crippen LogP contribution in [0.2, 0.25) is 0 Å². The van der Waals surface area contributed by atoms with Crippen LogP contribution in [0.15, 0.2) is 18.2 Å². The van der Waals surface area contributed by atoms with E-state index in [1.165, 1.54) is 17.5 Å². The second-order valence-corrected chi connectivity index (χ2v) is 5.12. The fraction of sp³-hybridized carbons (Fsp3) is 0.533. The molecular formula is C15H21NO3. The van der Waals surface area contributed by atoms with Crippen LogP contribution in [0.4, 0.5) is 0 Å². The number of carboxylic acid groups (broad SMARTS) is 1. The van der Waals surface area contributed by atoms with Crippen LogP contribution in [0.1, 0.15) is 30.4 Å². The number of hydrogen-bond donors (Lipinski definition) is 2. The minimum atomic E-state index is -0.778. The lowest BCUT2D eigenvalue weighted by Crippen LogP contribution is -2.22. The van der Waals surface area contributed by atoms with Crippen molar-refractivity contribution in [3.05, 3.63) is 29.3 Å². The van der Waals surface area contributed by atoms with E-state index >= 15 is 0 Å². The molecule has 0 fully saturated rings. The fourth-order valence-corrected chi connectivity index (χ4v) is 2.51. The molecule has 4 nitrogen and oxygen atoms in total. The topological polar surface area (TPSA) is 72.5 Å². The highest BCUT2D eigenvalue weighted by atomic mass is 16.5. The summed E-state index contributed by atoms with van der Waals surface area (Å²) in [5.74, 6) is 0.636. The summed E-state index contributed by atoms with van der Waals surface area (Å²) in [5.41, 5.74) is 8.46. The molecule has 1 aliphatic rings. The van der Waals surface area contributed by atoms with Gasteiger partial charge in [0.1, 0.15) is 5.75 Å². The Kier molecular flexibility index (Phi) is 4.80. The van der Waals surface area contributed by atoms with Crippen LogP contribution in [0.5, 0.6) is 5.75 Å². The number of carboxylic acids is 1. The Balaban J connectivity index is 1.91. The van der Waals surface area contributed by atoms with Gasteiger partial charge >= 0.3 is 5.97 Å². The van der Waals surface area contributed by atoms with Crippen LogP contribution in [0.25, 0.3) is 0 Å². The zero-order chi connectivity index (χ0) is 13.7. The van der Waals surface area contributed by atoms with Crippen LogP contribution >= 0.6 is 0 Å². The van der Waals surface area contributed by atoms with E-state index in [0.29, 0.717) is 18.9 Å². The summed E-state index contributed by atoms with van der Waals surface area (Å²) in [5, 5.41) is 8.56. The third-order valence-corrected chi connectivity index (χ3v) is 3.65. The Morgan fingerprint density at radius 3 is 3.00 bits per heavy atom. The minimum absolute atomic E-state index is 0.153. The molecule has 4 heteroatoms. The van der Waals surface area contributed by atoms with E-state index in [9.17, 15) is 4.79 Å². The van der Waals surface area contributed by atoms with E-state index in [0.717, 1.165) is 25.1 Å². The van der Waals surface area contributed by atoms with Gasteiger partial charge in [0.05, 0.1) is 6.61 Å². The first kappa shape index (κ1) is 13.9. The molecule has 3 N–H and O–H groups in total. The number of fused-ring (bicyclic) bond motifs is 1. The maximum absolute atomic E-state index is 10.4. The number of nitrogens with two attached hydrogens (primary N) is 1. The van der Waals surface area contributed by atoms with Gasteiger partial charge < -0.3 is 15.6 Å². The van der Waals surface area contributed by atoms with Crippen molar-refractivity contribution in [1.82, 2.24) is 0 Å². The van der Waals surface area contributed by atoms with Gasteiger partial charge in [0, 0.05) is 6.42 Å². The monoisotopic (exact) mass is 263 g/mol. The average Bonchev–Trinajstić information content (AvgIpc) is 2.42. The molecule has 0 spiro atoms. The molecule has 104 valence electrons.